The largest absolute Gasteiger partial charge is 0.444 e. The number of ether oxygens (including phenoxy) is 1. The molecule has 0 aromatic rings. The Balaban J connectivity index is 2.05. The van der Waals surface area contributed by atoms with Crippen molar-refractivity contribution in [3.8, 4) is 0 Å². The molecule has 1 heterocycles. The van der Waals surface area contributed by atoms with Crippen molar-refractivity contribution in [1.82, 2.24) is 10.2 Å². The minimum Gasteiger partial charge on any atom is -0.444 e. The monoisotopic (exact) mass is 256 g/mol. The molecule has 0 radical (unpaired) electrons. The van der Waals surface area contributed by atoms with E-state index in [4.69, 9.17) is 4.74 Å². The van der Waals surface area contributed by atoms with Gasteiger partial charge in [0.25, 0.3) is 0 Å². The maximum atomic E-state index is 11.4. The summed E-state index contributed by atoms with van der Waals surface area (Å²) in [5.74, 6) is 0. The Kier molecular flexibility index (Phi) is 5.93. The highest BCUT2D eigenvalue weighted by Crippen LogP contribution is 2.14. The average Bonchev–Trinajstić information content (AvgIpc) is 2.74. The second kappa shape index (κ2) is 6.98. The first-order valence-corrected chi connectivity index (χ1v) is 7.09. The van der Waals surface area contributed by atoms with E-state index in [1.807, 2.05) is 20.8 Å². The molecular weight excluding hydrogens is 228 g/mol. The zero-order valence-corrected chi connectivity index (χ0v) is 12.3. The van der Waals surface area contributed by atoms with Crippen LogP contribution >= 0.6 is 0 Å². The lowest BCUT2D eigenvalue weighted by atomic mass is 10.1. The van der Waals surface area contributed by atoms with Crippen LogP contribution in [0.1, 0.15) is 53.4 Å². The molecule has 0 aromatic carbocycles. The summed E-state index contributed by atoms with van der Waals surface area (Å²) in [5, 5.41) is 2.81. The van der Waals surface area contributed by atoms with E-state index in [1.54, 1.807) is 0 Å². The predicted octanol–water partition coefficient (Wildman–Crippen LogP) is 2.78. The second-order valence-corrected chi connectivity index (χ2v) is 6.16. The molecule has 0 aromatic heterocycles. The van der Waals surface area contributed by atoms with E-state index in [0.29, 0.717) is 12.6 Å². The third-order valence-corrected chi connectivity index (χ3v) is 3.23. The van der Waals surface area contributed by atoms with Gasteiger partial charge in [-0.1, -0.05) is 0 Å². The van der Waals surface area contributed by atoms with Gasteiger partial charge in [-0.2, -0.15) is 0 Å². The maximum absolute atomic E-state index is 11.4. The fraction of sp³-hybridized carbons (Fsp3) is 0.929. The van der Waals surface area contributed by atoms with Gasteiger partial charge in [0.15, 0.2) is 0 Å². The third kappa shape index (κ3) is 6.24. The summed E-state index contributed by atoms with van der Waals surface area (Å²) < 4.78 is 5.18. The minimum absolute atomic E-state index is 0.309. The zero-order valence-electron chi connectivity index (χ0n) is 12.3. The van der Waals surface area contributed by atoms with Crippen molar-refractivity contribution in [2.75, 3.05) is 19.6 Å². The molecule has 0 aliphatic carbocycles. The van der Waals surface area contributed by atoms with E-state index in [9.17, 15) is 4.79 Å². The van der Waals surface area contributed by atoms with Gasteiger partial charge in [-0.15, -0.1) is 0 Å². The Morgan fingerprint density at radius 1 is 1.33 bits per heavy atom. The van der Waals surface area contributed by atoms with Crippen LogP contribution in [0, 0.1) is 0 Å². The van der Waals surface area contributed by atoms with Gasteiger partial charge >= 0.3 is 6.09 Å². The Bertz CT molecular complexity index is 255. The van der Waals surface area contributed by atoms with Crippen molar-refractivity contribution in [3.05, 3.63) is 0 Å². The molecule has 1 aliphatic heterocycles. The van der Waals surface area contributed by atoms with E-state index in [-0.39, 0.29) is 6.09 Å². The van der Waals surface area contributed by atoms with Gasteiger partial charge < -0.3 is 15.0 Å². The quantitative estimate of drug-likeness (QED) is 0.769. The molecule has 1 atom stereocenters. The summed E-state index contributed by atoms with van der Waals surface area (Å²) >= 11 is 0. The highest BCUT2D eigenvalue weighted by Gasteiger charge is 2.18. The van der Waals surface area contributed by atoms with Crippen molar-refractivity contribution >= 4 is 6.09 Å². The SMILES string of the molecule is CC(CCCNC(=O)OC(C)(C)C)N1CCCC1. The standard InChI is InChI=1S/C14H28N2O2/c1-12(16-10-5-6-11-16)8-7-9-15-13(17)18-14(2,3)4/h12H,5-11H2,1-4H3,(H,15,17). The lowest BCUT2D eigenvalue weighted by molar-refractivity contribution is 0.0526. The Hall–Kier alpha value is -0.770. The molecule has 1 N–H and O–H groups in total. The van der Waals surface area contributed by atoms with Crippen LogP contribution in [0.5, 0.6) is 0 Å². The lowest BCUT2D eigenvalue weighted by Gasteiger charge is -2.24. The summed E-state index contributed by atoms with van der Waals surface area (Å²) in [5.41, 5.74) is -0.410. The first kappa shape index (κ1) is 15.3. The van der Waals surface area contributed by atoms with Gasteiger partial charge in [-0.3, -0.25) is 0 Å². The minimum atomic E-state index is -0.410. The first-order chi connectivity index (χ1) is 8.38. The van der Waals surface area contributed by atoms with Gasteiger partial charge in [0.05, 0.1) is 0 Å². The molecular formula is C14H28N2O2. The molecule has 1 rings (SSSR count). The van der Waals surface area contributed by atoms with Crippen LogP contribution < -0.4 is 5.32 Å². The molecule has 0 bridgehead atoms. The summed E-state index contributed by atoms with van der Waals surface area (Å²) in [7, 11) is 0. The molecule has 106 valence electrons. The number of rotatable bonds is 5. The van der Waals surface area contributed by atoms with Gasteiger partial charge in [-0.25, -0.2) is 4.79 Å². The van der Waals surface area contributed by atoms with Crippen molar-refractivity contribution < 1.29 is 9.53 Å². The fourth-order valence-corrected chi connectivity index (χ4v) is 2.27. The number of hydrogen-bond donors (Lipinski definition) is 1. The van der Waals surface area contributed by atoms with Crippen LogP contribution in [-0.2, 0) is 4.74 Å². The number of carbonyl (C=O) groups excluding carboxylic acids is 1. The second-order valence-electron chi connectivity index (χ2n) is 6.16. The van der Waals surface area contributed by atoms with Crippen LogP contribution in [0.3, 0.4) is 0 Å². The van der Waals surface area contributed by atoms with Gasteiger partial charge in [0.1, 0.15) is 5.60 Å². The van der Waals surface area contributed by atoms with E-state index >= 15 is 0 Å². The molecule has 1 fully saturated rings. The number of likely N-dealkylation sites (tertiary alicyclic amines) is 1. The molecule has 1 amide bonds. The molecule has 1 aliphatic rings. The molecule has 1 unspecified atom stereocenters. The number of alkyl carbamates (subject to hydrolysis) is 1. The van der Waals surface area contributed by atoms with Gasteiger partial charge in [0.2, 0.25) is 0 Å². The van der Waals surface area contributed by atoms with Crippen molar-refractivity contribution in [3.63, 3.8) is 0 Å². The fourth-order valence-electron chi connectivity index (χ4n) is 2.27. The van der Waals surface area contributed by atoms with Crippen molar-refractivity contribution in [2.24, 2.45) is 0 Å². The number of nitrogens with one attached hydrogen (secondary N) is 1. The lowest BCUT2D eigenvalue weighted by Crippen LogP contribution is -2.34. The molecule has 4 nitrogen and oxygen atoms in total. The highest BCUT2D eigenvalue weighted by atomic mass is 16.6. The molecule has 0 saturated carbocycles. The van der Waals surface area contributed by atoms with E-state index in [2.05, 4.69) is 17.1 Å². The summed E-state index contributed by atoms with van der Waals surface area (Å²) in [6, 6.07) is 0.632. The number of hydrogen-bond acceptors (Lipinski definition) is 3. The van der Waals surface area contributed by atoms with Crippen LogP contribution in [-0.4, -0.2) is 42.3 Å². The van der Waals surface area contributed by atoms with Crippen molar-refractivity contribution in [1.29, 1.82) is 0 Å². The number of carbonyl (C=O) groups is 1. The Labute approximate surface area is 111 Å². The van der Waals surface area contributed by atoms with Crippen molar-refractivity contribution in [2.45, 2.75) is 65.0 Å². The topological polar surface area (TPSA) is 41.6 Å². The summed E-state index contributed by atoms with van der Waals surface area (Å²) in [6.45, 7) is 11.1. The smallest absolute Gasteiger partial charge is 0.407 e. The van der Waals surface area contributed by atoms with Crippen LogP contribution in [0.4, 0.5) is 4.79 Å². The predicted molar refractivity (Wildman–Crippen MR) is 73.7 cm³/mol. The summed E-state index contributed by atoms with van der Waals surface area (Å²) in [4.78, 5) is 14.0. The van der Waals surface area contributed by atoms with Crippen LogP contribution in [0.25, 0.3) is 0 Å². The Morgan fingerprint density at radius 2 is 1.94 bits per heavy atom. The summed E-state index contributed by atoms with van der Waals surface area (Å²) in [6.07, 6.45) is 4.50. The van der Waals surface area contributed by atoms with Crippen LogP contribution in [0.2, 0.25) is 0 Å². The van der Waals surface area contributed by atoms with E-state index < -0.39 is 5.60 Å². The maximum Gasteiger partial charge on any atom is 0.407 e. The zero-order chi connectivity index (χ0) is 13.6. The molecule has 0 spiro atoms. The van der Waals surface area contributed by atoms with E-state index in [1.165, 1.54) is 25.9 Å². The average molecular weight is 256 g/mol. The highest BCUT2D eigenvalue weighted by molar-refractivity contribution is 5.67. The van der Waals surface area contributed by atoms with Gasteiger partial charge in [0, 0.05) is 12.6 Å². The molecule has 1 saturated heterocycles. The van der Waals surface area contributed by atoms with Gasteiger partial charge in [-0.05, 0) is 66.5 Å². The molecule has 4 heteroatoms. The number of amides is 1. The molecule has 18 heavy (non-hydrogen) atoms. The Morgan fingerprint density at radius 3 is 2.50 bits per heavy atom. The first-order valence-electron chi connectivity index (χ1n) is 7.09. The van der Waals surface area contributed by atoms with Crippen LogP contribution in [0.15, 0.2) is 0 Å². The van der Waals surface area contributed by atoms with E-state index in [0.717, 1.165) is 12.8 Å². The normalized spacial score (nSPS) is 18.7. The number of nitrogens with zero attached hydrogens (tertiary/aromatic N) is 1. The third-order valence-electron chi connectivity index (χ3n) is 3.23.